The molecular formula is C15H11BrClNO2S2. The van der Waals surface area contributed by atoms with Gasteiger partial charge in [-0.3, -0.25) is 9.69 Å². The molecule has 0 N–H and O–H groups in total. The molecule has 0 spiro atoms. The van der Waals surface area contributed by atoms with Crippen LogP contribution < -0.4 is 0 Å². The number of furan rings is 1. The molecule has 3 rings (SSSR count). The van der Waals surface area contributed by atoms with E-state index in [-0.39, 0.29) is 11.9 Å². The van der Waals surface area contributed by atoms with Crippen LogP contribution in [0.1, 0.15) is 19.6 Å². The van der Waals surface area contributed by atoms with Crippen LogP contribution in [0, 0.1) is 0 Å². The second-order valence-electron chi connectivity index (χ2n) is 5.07. The Morgan fingerprint density at radius 1 is 1.45 bits per heavy atom. The van der Waals surface area contributed by atoms with Crippen LogP contribution in [-0.2, 0) is 4.79 Å². The topological polar surface area (TPSA) is 33.5 Å². The molecule has 1 aliphatic heterocycles. The lowest BCUT2D eigenvalue weighted by Gasteiger charge is -2.18. The highest BCUT2D eigenvalue weighted by atomic mass is 79.9. The van der Waals surface area contributed by atoms with E-state index in [1.54, 1.807) is 11.0 Å². The summed E-state index contributed by atoms with van der Waals surface area (Å²) in [5.74, 6) is 0.363. The minimum Gasteiger partial charge on any atom is -0.455 e. The minimum absolute atomic E-state index is 0.0282. The van der Waals surface area contributed by atoms with E-state index >= 15 is 0 Å². The Balaban J connectivity index is 2.04. The molecule has 114 valence electrons. The number of halogens is 2. The van der Waals surface area contributed by atoms with Crippen LogP contribution in [0.4, 0.5) is 0 Å². The smallest absolute Gasteiger partial charge is 0.266 e. The lowest BCUT2D eigenvalue weighted by molar-refractivity contribution is -0.123. The predicted octanol–water partition coefficient (Wildman–Crippen LogP) is 5.46. The third-order valence-corrected chi connectivity index (χ3v) is 5.43. The average Bonchev–Trinajstić information content (AvgIpc) is 2.89. The molecule has 0 bridgehead atoms. The van der Waals surface area contributed by atoms with Crippen molar-refractivity contribution in [1.82, 2.24) is 4.90 Å². The van der Waals surface area contributed by atoms with Gasteiger partial charge in [0.25, 0.3) is 5.91 Å². The summed E-state index contributed by atoms with van der Waals surface area (Å²) in [6, 6.07) is 5.63. The number of carbonyl (C=O) groups is 1. The summed E-state index contributed by atoms with van der Waals surface area (Å²) < 4.78 is 7.21. The number of nitrogens with zero attached hydrogens (tertiary/aromatic N) is 1. The highest BCUT2D eigenvalue weighted by Gasteiger charge is 2.34. The zero-order valence-corrected chi connectivity index (χ0v) is 15.7. The number of rotatable bonds is 2. The zero-order chi connectivity index (χ0) is 16.0. The molecule has 1 saturated heterocycles. The normalized spacial score (nSPS) is 17.5. The van der Waals surface area contributed by atoms with Crippen molar-refractivity contribution in [2.24, 2.45) is 0 Å². The number of fused-ring (bicyclic) bond motifs is 1. The molecule has 0 radical (unpaired) electrons. The molecule has 1 aromatic carbocycles. The molecule has 1 aliphatic rings. The fourth-order valence-electron chi connectivity index (χ4n) is 2.20. The van der Waals surface area contributed by atoms with Gasteiger partial charge in [0.1, 0.15) is 15.7 Å². The second-order valence-corrected chi connectivity index (χ2v) is 8.04. The van der Waals surface area contributed by atoms with Gasteiger partial charge in [-0.05, 0) is 32.0 Å². The summed E-state index contributed by atoms with van der Waals surface area (Å²) in [5, 5.41) is 1.30. The molecule has 2 aromatic rings. The Labute approximate surface area is 150 Å². The van der Waals surface area contributed by atoms with E-state index < -0.39 is 0 Å². The highest BCUT2D eigenvalue weighted by Crippen LogP contribution is 2.38. The maximum Gasteiger partial charge on any atom is 0.266 e. The molecule has 1 fully saturated rings. The van der Waals surface area contributed by atoms with Gasteiger partial charge in [0.15, 0.2) is 0 Å². The first kappa shape index (κ1) is 16.1. The van der Waals surface area contributed by atoms with Crippen molar-refractivity contribution in [2.75, 3.05) is 0 Å². The van der Waals surface area contributed by atoms with Gasteiger partial charge in [0.2, 0.25) is 0 Å². The maximum atomic E-state index is 12.4. The number of thiocarbonyl (C=S) groups is 1. The van der Waals surface area contributed by atoms with Crippen molar-refractivity contribution >= 4 is 78.8 Å². The Hall–Kier alpha value is -0.820. The number of hydrogen-bond acceptors (Lipinski definition) is 4. The van der Waals surface area contributed by atoms with Crippen LogP contribution in [0.25, 0.3) is 17.0 Å². The highest BCUT2D eigenvalue weighted by molar-refractivity contribution is 9.10. The maximum absolute atomic E-state index is 12.4. The van der Waals surface area contributed by atoms with Gasteiger partial charge in [-0.25, -0.2) is 0 Å². The standard InChI is InChI=1S/C15H11BrClNO2S2/c1-7(2)18-14(19)12(22-15(18)21)6-11-13(17)9-5-8(16)3-4-10(9)20-11/h3-7H,1-2H3/b12-6-. The van der Waals surface area contributed by atoms with Gasteiger partial charge >= 0.3 is 0 Å². The van der Waals surface area contributed by atoms with Crippen molar-refractivity contribution in [2.45, 2.75) is 19.9 Å². The Morgan fingerprint density at radius 3 is 2.82 bits per heavy atom. The largest absolute Gasteiger partial charge is 0.455 e. The quantitative estimate of drug-likeness (QED) is 0.481. The summed E-state index contributed by atoms with van der Waals surface area (Å²) >= 11 is 16.3. The van der Waals surface area contributed by atoms with Gasteiger partial charge in [-0.15, -0.1) is 0 Å². The van der Waals surface area contributed by atoms with Crippen LogP contribution in [0.2, 0.25) is 5.02 Å². The van der Waals surface area contributed by atoms with Crippen LogP contribution in [0.15, 0.2) is 32.0 Å². The van der Waals surface area contributed by atoms with Crippen molar-refractivity contribution in [3.8, 4) is 0 Å². The van der Waals surface area contributed by atoms with Crippen molar-refractivity contribution in [1.29, 1.82) is 0 Å². The molecule has 3 nitrogen and oxygen atoms in total. The molecule has 2 heterocycles. The molecule has 0 aliphatic carbocycles. The first-order valence-corrected chi connectivity index (χ1v) is 8.92. The molecule has 0 atom stereocenters. The molecule has 1 amide bonds. The molecular weight excluding hydrogens is 406 g/mol. The van der Waals surface area contributed by atoms with Crippen LogP contribution in [0.3, 0.4) is 0 Å². The van der Waals surface area contributed by atoms with Crippen molar-refractivity contribution in [3.63, 3.8) is 0 Å². The number of benzene rings is 1. The average molecular weight is 417 g/mol. The Kier molecular flexibility index (Phi) is 4.38. The van der Waals surface area contributed by atoms with Gasteiger partial charge < -0.3 is 4.42 Å². The summed E-state index contributed by atoms with van der Waals surface area (Å²) in [6.45, 7) is 3.86. The summed E-state index contributed by atoms with van der Waals surface area (Å²) in [7, 11) is 0. The fraction of sp³-hybridized carbons (Fsp3) is 0.200. The van der Waals surface area contributed by atoms with Crippen LogP contribution in [0.5, 0.6) is 0 Å². The van der Waals surface area contributed by atoms with Gasteiger partial charge in [-0.1, -0.05) is 51.5 Å². The first-order valence-electron chi connectivity index (χ1n) is 6.53. The lowest BCUT2D eigenvalue weighted by atomic mass is 10.2. The fourth-order valence-corrected chi connectivity index (χ4v) is 4.29. The predicted molar refractivity (Wildman–Crippen MR) is 99.1 cm³/mol. The molecule has 22 heavy (non-hydrogen) atoms. The molecule has 7 heteroatoms. The first-order chi connectivity index (χ1) is 10.4. The van der Waals surface area contributed by atoms with Gasteiger partial charge in [0.05, 0.1) is 9.93 Å². The zero-order valence-electron chi connectivity index (χ0n) is 11.7. The number of thioether (sulfide) groups is 1. The van der Waals surface area contributed by atoms with E-state index in [9.17, 15) is 4.79 Å². The molecule has 0 saturated carbocycles. The third kappa shape index (κ3) is 2.73. The van der Waals surface area contributed by atoms with Crippen LogP contribution in [-0.4, -0.2) is 21.2 Å². The number of hydrogen-bond donors (Lipinski definition) is 0. The monoisotopic (exact) mass is 415 g/mol. The Bertz CT molecular complexity index is 828. The SMILES string of the molecule is CC(C)N1C(=O)/C(=C/c2oc3ccc(Br)cc3c2Cl)SC1=S. The van der Waals surface area contributed by atoms with E-state index in [4.69, 9.17) is 28.2 Å². The summed E-state index contributed by atoms with van der Waals surface area (Å²) in [6.07, 6.45) is 1.66. The van der Waals surface area contributed by atoms with Crippen molar-refractivity contribution in [3.05, 3.63) is 38.4 Å². The van der Waals surface area contributed by atoms with E-state index in [0.717, 1.165) is 9.86 Å². The van der Waals surface area contributed by atoms with Crippen LogP contribution >= 0.6 is 51.5 Å². The van der Waals surface area contributed by atoms with Crippen molar-refractivity contribution < 1.29 is 9.21 Å². The van der Waals surface area contributed by atoms with E-state index in [0.29, 0.717) is 25.6 Å². The number of amides is 1. The second kappa shape index (κ2) is 6.00. The van der Waals surface area contributed by atoms with Gasteiger partial charge in [-0.2, -0.15) is 0 Å². The molecule has 1 aromatic heterocycles. The summed E-state index contributed by atoms with van der Waals surface area (Å²) in [5.41, 5.74) is 0.679. The van der Waals surface area contributed by atoms with Gasteiger partial charge in [0, 0.05) is 22.0 Å². The number of carbonyl (C=O) groups excluding carboxylic acids is 1. The van der Waals surface area contributed by atoms with E-state index in [2.05, 4.69) is 15.9 Å². The lowest BCUT2D eigenvalue weighted by Crippen LogP contribution is -2.34. The van der Waals surface area contributed by atoms with E-state index in [1.165, 1.54) is 11.8 Å². The van der Waals surface area contributed by atoms with E-state index in [1.807, 2.05) is 32.0 Å². The Morgan fingerprint density at radius 2 is 2.18 bits per heavy atom. The molecule has 0 unspecified atom stereocenters. The third-order valence-electron chi connectivity index (χ3n) is 3.22. The summed E-state index contributed by atoms with van der Waals surface area (Å²) in [4.78, 5) is 14.5. The minimum atomic E-state index is -0.109.